The Hall–Kier alpha value is -1.40. The van der Waals surface area contributed by atoms with Crippen LogP contribution in [0, 0.1) is 0 Å². The van der Waals surface area contributed by atoms with Crippen molar-refractivity contribution in [2.24, 2.45) is 0 Å². The normalized spacial score (nSPS) is 21.4. The first-order chi connectivity index (χ1) is 10.6. The summed E-state index contributed by atoms with van der Waals surface area (Å²) >= 11 is 1.68. The zero-order chi connectivity index (χ0) is 16.0. The predicted molar refractivity (Wildman–Crippen MR) is 86.9 cm³/mol. The van der Waals surface area contributed by atoms with Crippen LogP contribution in [0.25, 0.3) is 0 Å². The highest BCUT2D eigenvalue weighted by atomic mass is 32.1. The van der Waals surface area contributed by atoms with E-state index in [4.69, 9.17) is 4.74 Å². The van der Waals surface area contributed by atoms with Crippen LogP contribution in [0.2, 0.25) is 0 Å². The van der Waals surface area contributed by atoms with Crippen LogP contribution in [-0.2, 0) is 20.7 Å². The average molecular weight is 324 g/mol. The Labute approximate surface area is 135 Å². The Kier molecular flexibility index (Phi) is 5.97. The summed E-state index contributed by atoms with van der Waals surface area (Å²) in [5.74, 6) is 0.0201. The highest BCUT2D eigenvalue weighted by Gasteiger charge is 2.46. The topological polar surface area (TPSA) is 58.6 Å². The predicted octanol–water partition coefficient (Wildman–Crippen LogP) is 1.82. The number of likely N-dealkylation sites (tertiary alicyclic amines) is 1. The monoisotopic (exact) mass is 324 g/mol. The Balaban J connectivity index is 1.93. The van der Waals surface area contributed by atoms with E-state index >= 15 is 0 Å². The van der Waals surface area contributed by atoms with E-state index < -0.39 is 5.54 Å². The van der Waals surface area contributed by atoms with Gasteiger partial charge in [0.05, 0.1) is 0 Å². The molecule has 0 radical (unpaired) electrons. The molecule has 0 aromatic carbocycles. The van der Waals surface area contributed by atoms with E-state index in [0.29, 0.717) is 32.5 Å². The number of hydrogen-bond acceptors (Lipinski definition) is 4. The van der Waals surface area contributed by atoms with Gasteiger partial charge in [-0.1, -0.05) is 6.07 Å². The van der Waals surface area contributed by atoms with Crippen molar-refractivity contribution in [1.29, 1.82) is 0 Å². The number of carbonyl (C=O) groups is 2. The second-order valence-electron chi connectivity index (χ2n) is 5.75. The van der Waals surface area contributed by atoms with Gasteiger partial charge in [-0.15, -0.1) is 11.3 Å². The van der Waals surface area contributed by atoms with E-state index in [0.717, 1.165) is 12.8 Å². The SMILES string of the molecule is COCCCNC(=O)[C@@]1(C)CCC(=O)N1CCc1cccs1. The number of methoxy groups -OCH3 is 1. The number of carbonyl (C=O) groups excluding carboxylic acids is 2. The molecule has 6 heteroatoms. The maximum absolute atomic E-state index is 12.5. The van der Waals surface area contributed by atoms with Crippen LogP contribution >= 0.6 is 11.3 Å². The number of rotatable bonds is 8. The third-order valence-electron chi connectivity index (χ3n) is 4.18. The van der Waals surface area contributed by atoms with E-state index in [2.05, 4.69) is 11.4 Å². The van der Waals surface area contributed by atoms with Gasteiger partial charge in [0, 0.05) is 38.1 Å². The molecule has 1 saturated heterocycles. The fourth-order valence-corrected chi connectivity index (χ4v) is 3.49. The van der Waals surface area contributed by atoms with Gasteiger partial charge in [0.1, 0.15) is 5.54 Å². The van der Waals surface area contributed by atoms with E-state index in [1.165, 1.54) is 4.88 Å². The van der Waals surface area contributed by atoms with Crippen LogP contribution in [-0.4, -0.2) is 49.1 Å². The third-order valence-corrected chi connectivity index (χ3v) is 5.12. The van der Waals surface area contributed by atoms with Gasteiger partial charge in [-0.05, 0) is 37.6 Å². The molecule has 1 aliphatic rings. The summed E-state index contributed by atoms with van der Waals surface area (Å²) in [6.45, 7) is 3.67. The lowest BCUT2D eigenvalue weighted by Gasteiger charge is -2.34. The summed E-state index contributed by atoms with van der Waals surface area (Å²) in [5.41, 5.74) is -0.721. The molecule has 2 rings (SSSR count). The molecular weight excluding hydrogens is 300 g/mol. The first kappa shape index (κ1) is 17.0. The highest BCUT2D eigenvalue weighted by molar-refractivity contribution is 7.09. The van der Waals surface area contributed by atoms with Crippen molar-refractivity contribution in [3.8, 4) is 0 Å². The molecule has 2 heterocycles. The van der Waals surface area contributed by atoms with Crippen LogP contribution < -0.4 is 5.32 Å². The van der Waals surface area contributed by atoms with Gasteiger partial charge >= 0.3 is 0 Å². The van der Waals surface area contributed by atoms with Crippen LogP contribution in [0.3, 0.4) is 0 Å². The molecule has 1 aliphatic heterocycles. The van der Waals surface area contributed by atoms with E-state index in [9.17, 15) is 9.59 Å². The Morgan fingerprint density at radius 3 is 3.05 bits per heavy atom. The molecule has 1 N–H and O–H groups in total. The lowest BCUT2D eigenvalue weighted by atomic mass is 9.97. The van der Waals surface area contributed by atoms with Crippen molar-refractivity contribution < 1.29 is 14.3 Å². The standard InChI is InChI=1S/C16H24N2O3S/c1-16(15(20)17-9-4-11-21-2)8-6-14(19)18(16)10-7-13-5-3-12-22-13/h3,5,12H,4,6-11H2,1-2H3,(H,17,20)/t16-/m1/s1. The quantitative estimate of drug-likeness (QED) is 0.742. The molecule has 0 unspecified atom stereocenters. The number of ether oxygens (including phenoxy) is 1. The number of nitrogens with one attached hydrogen (secondary N) is 1. The molecule has 1 aromatic rings. The molecule has 0 spiro atoms. The Morgan fingerprint density at radius 1 is 1.55 bits per heavy atom. The zero-order valence-corrected chi connectivity index (χ0v) is 14.1. The second-order valence-corrected chi connectivity index (χ2v) is 6.78. The van der Waals surface area contributed by atoms with Crippen molar-refractivity contribution in [2.45, 2.75) is 38.1 Å². The molecule has 1 fully saturated rings. The number of nitrogens with zero attached hydrogens (tertiary/aromatic N) is 1. The van der Waals surface area contributed by atoms with E-state index in [-0.39, 0.29) is 11.8 Å². The van der Waals surface area contributed by atoms with Crippen molar-refractivity contribution in [3.05, 3.63) is 22.4 Å². The lowest BCUT2D eigenvalue weighted by Crippen LogP contribution is -2.55. The molecule has 0 aliphatic carbocycles. The van der Waals surface area contributed by atoms with Crippen molar-refractivity contribution in [1.82, 2.24) is 10.2 Å². The van der Waals surface area contributed by atoms with Crippen LogP contribution in [0.5, 0.6) is 0 Å². The Bertz CT molecular complexity index is 503. The minimum absolute atomic E-state index is 0.0550. The van der Waals surface area contributed by atoms with Crippen LogP contribution in [0.15, 0.2) is 17.5 Å². The average Bonchev–Trinajstić information content (AvgIpc) is 3.11. The maximum Gasteiger partial charge on any atom is 0.245 e. The molecule has 2 amide bonds. The third kappa shape index (κ3) is 3.87. The van der Waals surface area contributed by atoms with Gasteiger partial charge in [-0.25, -0.2) is 0 Å². The Morgan fingerprint density at radius 2 is 2.36 bits per heavy atom. The highest BCUT2D eigenvalue weighted by Crippen LogP contribution is 2.30. The summed E-state index contributed by atoms with van der Waals surface area (Å²) in [7, 11) is 1.64. The summed E-state index contributed by atoms with van der Waals surface area (Å²) < 4.78 is 4.98. The molecule has 0 saturated carbocycles. The summed E-state index contributed by atoms with van der Waals surface area (Å²) in [4.78, 5) is 27.7. The van der Waals surface area contributed by atoms with Gasteiger partial charge in [-0.3, -0.25) is 9.59 Å². The summed E-state index contributed by atoms with van der Waals surface area (Å²) in [6.07, 6.45) is 2.62. The van der Waals surface area contributed by atoms with Crippen molar-refractivity contribution in [3.63, 3.8) is 0 Å². The number of thiophene rings is 1. The molecule has 122 valence electrons. The van der Waals surface area contributed by atoms with E-state index in [1.807, 2.05) is 18.4 Å². The van der Waals surface area contributed by atoms with Gasteiger partial charge in [0.25, 0.3) is 0 Å². The maximum atomic E-state index is 12.5. The first-order valence-corrected chi connectivity index (χ1v) is 8.56. The molecule has 0 bridgehead atoms. The number of hydrogen-bond donors (Lipinski definition) is 1. The summed E-state index contributed by atoms with van der Waals surface area (Å²) in [5, 5.41) is 4.96. The molecular formula is C16H24N2O3S. The van der Waals surface area contributed by atoms with Gasteiger partial charge in [0.2, 0.25) is 11.8 Å². The van der Waals surface area contributed by atoms with Gasteiger partial charge in [0.15, 0.2) is 0 Å². The van der Waals surface area contributed by atoms with Crippen LogP contribution in [0.1, 0.15) is 31.1 Å². The molecule has 1 aromatic heterocycles. The fraction of sp³-hybridized carbons (Fsp3) is 0.625. The number of amides is 2. The zero-order valence-electron chi connectivity index (χ0n) is 13.3. The van der Waals surface area contributed by atoms with Gasteiger partial charge < -0.3 is 15.0 Å². The molecule has 22 heavy (non-hydrogen) atoms. The van der Waals surface area contributed by atoms with Crippen molar-refractivity contribution in [2.75, 3.05) is 26.8 Å². The first-order valence-electron chi connectivity index (χ1n) is 7.68. The second kappa shape index (κ2) is 7.74. The molecule has 5 nitrogen and oxygen atoms in total. The molecule has 1 atom stereocenters. The largest absolute Gasteiger partial charge is 0.385 e. The van der Waals surface area contributed by atoms with E-state index in [1.54, 1.807) is 23.3 Å². The minimum atomic E-state index is -0.721. The smallest absolute Gasteiger partial charge is 0.245 e. The lowest BCUT2D eigenvalue weighted by molar-refractivity contribution is -0.140. The fourth-order valence-electron chi connectivity index (χ4n) is 2.79. The summed E-state index contributed by atoms with van der Waals surface area (Å²) in [6, 6.07) is 4.07. The minimum Gasteiger partial charge on any atom is -0.385 e. The van der Waals surface area contributed by atoms with Crippen LogP contribution in [0.4, 0.5) is 0 Å². The van der Waals surface area contributed by atoms with Gasteiger partial charge in [-0.2, -0.15) is 0 Å². The van der Waals surface area contributed by atoms with Crippen molar-refractivity contribution >= 4 is 23.2 Å².